The smallest absolute Gasteiger partial charge is 0.266 e. The van der Waals surface area contributed by atoms with E-state index in [2.05, 4.69) is 10.4 Å². The molecule has 1 N–H and O–H groups in total. The van der Waals surface area contributed by atoms with Gasteiger partial charge in [-0.25, -0.2) is 4.68 Å². The summed E-state index contributed by atoms with van der Waals surface area (Å²) in [7, 11) is 0. The van der Waals surface area contributed by atoms with Gasteiger partial charge in [-0.1, -0.05) is 30.3 Å². The zero-order chi connectivity index (χ0) is 20.3. The Hall–Kier alpha value is -3.65. The van der Waals surface area contributed by atoms with Crippen LogP contribution in [0.2, 0.25) is 0 Å². The second kappa shape index (κ2) is 7.93. The van der Waals surface area contributed by atoms with Gasteiger partial charge in [-0.05, 0) is 63.1 Å². The molecule has 0 bridgehead atoms. The van der Waals surface area contributed by atoms with Crippen molar-refractivity contribution in [1.82, 2.24) is 9.78 Å². The van der Waals surface area contributed by atoms with Crippen LogP contribution in [-0.2, 0) is 4.79 Å². The number of benzene rings is 2. The second-order valence-corrected chi connectivity index (χ2v) is 6.70. The van der Waals surface area contributed by atoms with Gasteiger partial charge in [0.1, 0.15) is 11.6 Å². The fourth-order valence-electron chi connectivity index (χ4n) is 3.05. The highest BCUT2D eigenvalue weighted by molar-refractivity contribution is 6.10. The minimum Gasteiger partial charge on any atom is -0.321 e. The minimum absolute atomic E-state index is 0.0414. The lowest BCUT2D eigenvalue weighted by Gasteiger charge is -2.10. The van der Waals surface area contributed by atoms with Crippen LogP contribution in [0.4, 0.5) is 5.69 Å². The third-order valence-corrected chi connectivity index (χ3v) is 4.85. The number of amides is 1. The van der Waals surface area contributed by atoms with Gasteiger partial charge < -0.3 is 5.32 Å². The molecule has 5 heteroatoms. The summed E-state index contributed by atoms with van der Waals surface area (Å²) in [5.74, 6) is -0.428. The summed E-state index contributed by atoms with van der Waals surface area (Å²) in [5.41, 5.74) is 6.15. The molecule has 0 aliphatic heterocycles. The third kappa shape index (κ3) is 3.72. The summed E-state index contributed by atoms with van der Waals surface area (Å²) in [6.45, 7) is 7.72. The zero-order valence-corrected chi connectivity index (χ0v) is 16.4. The van der Waals surface area contributed by atoms with Gasteiger partial charge in [0.2, 0.25) is 0 Å². The van der Waals surface area contributed by atoms with Crippen LogP contribution in [0.25, 0.3) is 11.8 Å². The predicted octanol–water partition coefficient (Wildman–Crippen LogP) is 4.65. The van der Waals surface area contributed by atoms with E-state index >= 15 is 0 Å². The summed E-state index contributed by atoms with van der Waals surface area (Å²) in [5, 5.41) is 17.0. The Balaban J connectivity index is 1.95. The van der Waals surface area contributed by atoms with E-state index in [0.29, 0.717) is 5.69 Å². The number of hydrogen-bond acceptors (Lipinski definition) is 3. The fourth-order valence-corrected chi connectivity index (χ4v) is 3.05. The van der Waals surface area contributed by atoms with Crippen molar-refractivity contribution >= 4 is 17.7 Å². The largest absolute Gasteiger partial charge is 0.321 e. The summed E-state index contributed by atoms with van der Waals surface area (Å²) < 4.78 is 1.82. The molecule has 2 aromatic carbocycles. The van der Waals surface area contributed by atoms with E-state index < -0.39 is 5.91 Å². The lowest BCUT2D eigenvalue weighted by atomic mass is 10.1. The molecule has 0 radical (unpaired) electrons. The molecule has 3 aromatic rings. The number of carbonyl (C=O) groups is 1. The van der Waals surface area contributed by atoms with Crippen LogP contribution in [-0.4, -0.2) is 15.7 Å². The monoisotopic (exact) mass is 370 g/mol. The Bertz CT molecular complexity index is 1100. The van der Waals surface area contributed by atoms with E-state index in [-0.39, 0.29) is 5.57 Å². The molecule has 0 aliphatic rings. The van der Waals surface area contributed by atoms with Gasteiger partial charge in [0.15, 0.2) is 0 Å². The number of rotatable bonds is 4. The first-order chi connectivity index (χ1) is 13.4. The van der Waals surface area contributed by atoms with E-state index in [4.69, 9.17) is 0 Å². The normalized spacial score (nSPS) is 11.2. The molecule has 0 spiro atoms. The van der Waals surface area contributed by atoms with E-state index in [1.807, 2.05) is 87.0 Å². The molecule has 0 aliphatic carbocycles. The maximum atomic E-state index is 12.7. The van der Waals surface area contributed by atoms with Crippen molar-refractivity contribution in [2.75, 3.05) is 5.32 Å². The van der Waals surface area contributed by atoms with Gasteiger partial charge in [-0.3, -0.25) is 4.79 Å². The number of nitrogens with zero attached hydrogens (tertiary/aromatic N) is 3. The molecular weight excluding hydrogens is 348 g/mol. The molecular formula is C23H22N4O. The van der Waals surface area contributed by atoms with Crippen molar-refractivity contribution < 1.29 is 4.79 Å². The lowest BCUT2D eigenvalue weighted by molar-refractivity contribution is -0.112. The van der Waals surface area contributed by atoms with Crippen LogP contribution >= 0.6 is 0 Å². The first kappa shape index (κ1) is 19.1. The molecule has 0 saturated heterocycles. The molecule has 1 amide bonds. The van der Waals surface area contributed by atoms with Crippen LogP contribution < -0.4 is 5.32 Å². The van der Waals surface area contributed by atoms with Gasteiger partial charge in [0.25, 0.3) is 5.91 Å². The summed E-state index contributed by atoms with van der Waals surface area (Å²) >= 11 is 0. The SMILES string of the molecule is Cc1cccc(NC(=O)/C(C#N)=C\c2c(C)nn(-c3ccccc3)c2C)c1C. The minimum atomic E-state index is -0.428. The van der Waals surface area contributed by atoms with Crippen molar-refractivity contribution in [2.24, 2.45) is 0 Å². The number of hydrogen-bond donors (Lipinski definition) is 1. The van der Waals surface area contributed by atoms with Crippen molar-refractivity contribution in [2.45, 2.75) is 27.7 Å². The number of aromatic nitrogens is 2. The van der Waals surface area contributed by atoms with Crippen LogP contribution in [0.3, 0.4) is 0 Å². The van der Waals surface area contributed by atoms with Gasteiger partial charge in [0.05, 0.1) is 11.4 Å². The topological polar surface area (TPSA) is 70.7 Å². The van der Waals surface area contributed by atoms with Crippen LogP contribution in [0, 0.1) is 39.0 Å². The number of aryl methyl sites for hydroxylation is 2. The van der Waals surface area contributed by atoms with E-state index in [1.54, 1.807) is 6.08 Å². The number of nitriles is 1. The van der Waals surface area contributed by atoms with Crippen molar-refractivity contribution in [3.63, 3.8) is 0 Å². The molecule has 0 atom stereocenters. The predicted molar refractivity (Wildman–Crippen MR) is 111 cm³/mol. The Labute approximate surface area is 164 Å². The molecule has 0 fully saturated rings. The Kier molecular flexibility index (Phi) is 5.42. The fraction of sp³-hybridized carbons (Fsp3) is 0.174. The highest BCUT2D eigenvalue weighted by atomic mass is 16.1. The maximum absolute atomic E-state index is 12.7. The molecule has 140 valence electrons. The van der Waals surface area contributed by atoms with Crippen molar-refractivity contribution in [3.05, 3.63) is 82.2 Å². The van der Waals surface area contributed by atoms with E-state index in [1.165, 1.54) is 0 Å². The summed E-state index contributed by atoms with van der Waals surface area (Å²) in [4.78, 5) is 12.7. The van der Waals surface area contributed by atoms with Gasteiger partial charge in [-0.15, -0.1) is 0 Å². The van der Waals surface area contributed by atoms with E-state index in [9.17, 15) is 10.1 Å². The quantitative estimate of drug-likeness (QED) is 0.537. The van der Waals surface area contributed by atoms with E-state index in [0.717, 1.165) is 33.8 Å². The van der Waals surface area contributed by atoms with Gasteiger partial charge in [0, 0.05) is 16.9 Å². The number of para-hydroxylation sites is 1. The second-order valence-electron chi connectivity index (χ2n) is 6.70. The average molecular weight is 370 g/mol. The molecule has 0 unspecified atom stereocenters. The number of nitrogens with one attached hydrogen (secondary N) is 1. The first-order valence-corrected chi connectivity index (χ1v) is 9.03. The molecule has 1 heterocycles. The molecule has 3 rings (SSSR count). The van der Waals surface area contributed by atoms with Gasteiger partial charge in [-0.2, -0.15) is 10.4 Å². The summed E-state index contributed by atoms with van der Waals surface area (Å²) in [6.07, 6.45) is 1.61. The van der Waals surface area contributed by atoms with Crippen molar-refractivity contribution in [1.29, 1.82) is 5.26 Å². The molecule has 5 nitrogen and oxygen atoms in total. The Morgan fingerprint density at radius 3 is 2.46 bits per heavy atom. The summed E-state index contributed by atoms with van der Waals surface area (Å²) in [6, 6.07) is 17.5. The molecule has 1 aromatic heterocycles. The number of carbonyl (C=O) groups excluding carboxylic acids is 1. The van der Waals surface area contributed by atoms with Gasteiger partial charge >= 0.3 is 0 Å². The highest BCUT2D eigenvalue weighted by Gasteiger charge is 2.16. The Morgan fingerprint density at radius 1 is 1.07 bits per heavy atom. The average Bonchev–Trinajstić information content (AvgIpc) is 2.98. The van der Waals surface area contributed by atoms with Crippen LogP contribution in [0.1, 0.15) is 28.1 Å². The van der Waals surface area contributed by atoms with Crippen LogP contribution in [0.15, 0.2) is 54.1 Å². The Morgan fingerprint density at radius 2 is 1.79 bits per heavy atom. The molecule has 0 saturated carbocycles. The highest BCUT2D eigenvalue weighted by Crippen LogP contribution is 2.22. The molecule has 28 heavy (non-hydrogen) atoms. The van der Waals surface area contributed by atoms with Crippen LogP contribution in [0.5, 0.6) is 0 Å². The van der Waals surface area contributed by atoms with Crippen molar-refractivity contribution in [3.8, 4) is 11.8 Å². The maximum Gasteiger partial charge on any atom is 0.266 e. The lowest BCUT2D eigenvalue weighted by Crippen LogP contribution is -2.14. The number of anilines is 1. The third-order valence-electron chi connectivity index (χ3n) is 4.85. The zero-order valence-electron chi connectivity index (χ0n) is 16.4. The standard InChI is InChI=1S/C23H22N4O/c1-15-9-8-12-22(16(15)2)25-23(28)19(14-24)13-21-17(3)26-27(18(21)4)20-10-6-5-7-11-20/h5-13H,1-4H3,(H,25,28)/b19-13-. The first-order valence-electron chi connectivity index (χ1n) is 9.03.